The Morgan fingerprint density at radius 3 is 2.73 bits per heavy atom. The summed E-state index contributed by atoms with van der Waals surface area (Å²) < 4.78 is 0. The zero-order valence-electron chi connectivity index (χ0n) is 17.4. The van der Waals surface area contributed by atoms with Crippen LogP contribution in [0.3, 0.4) is 0 Å². The third kappa shape index (κ3) is 6.19. The maximum Gasteiger partial charge on any atom is 0.320 e. The van der Waals surface area contributed by atoms with Gasteiger partial charge in [0.15, 0.2) is 0 Å². The summed E-state index contributed by atoms with van der Waals surface area (Å²) in [5.74, 6) is -1.03. The molecule has 9 atom stereocenters. The van der Waals surface area contributed by atoms with Gasteiger partial charge in [0.2, 0.25) is 0 Å². The Labute approximate surface area is 177 Å². The first-order chi connectivity index (χ1) is 14.4. The van der Waals surface area contributed by atoms with E-state index in [4.69, 9.17) is 5.73 Å². The van der Waals surface area contributed by atoms with Crippen LogP contribution in [0.5, 0.6) is 0 Å². The minimum absolute atomic E-state index is 0.0841. The molecule has 2 aliphatic heterocycles. The third-order valence-corrected chi connectivity index (χ3v) is 6.10. The Morgan fingerprint density at radius 2 is 2.07 bits per heavy atom. The molecule has 1 aliphatic carbocycles. The molecule has 2 heterocycles. The largest absolute Gasteiger partial charge is 0.480 e. The van der Waals surface area contributed by atoms with E-state index >= 15 is 0 Å². The van der Waals surface area contributed by atoms with E-state index in [-0.39, 0.29) is 30.2 Å². The van der Waals surface area contributed by atoms with Crippen molar-refractivity contribution >= 4 is 5.97 Å². The number of nitrogens with two attached hydrogens (primary N) is 1. The molecule has 0 radical (unpaired) electrons. The average Bonchev–Trinajstić information content (AvgIpc) is 2.72. The number of aliphatic hydroxyl groups is 2. The maximum atomic E-state index is 11.3. The number of hydrogen-bond donors (Lipinski definition) is 10. The maximum absolute atomic E-state index is 11.3. The number of rotatable bonds is 9. The van der Waals surface area contributed by atoms with Crippen LogP contribution in [-0.4, -0.2) is 83.5 Å². The lowest BCUT2D eigenvalue weighted by molar-refractivity contribution is -0.141. The first kappa shape index (κ1) is 23.5. The SMILES string of the molecule is CCC[C@H](NC(O)[C@H]1C=C[C@@H](NCC2CNC3NC(N)N[C@H](O)[C@@H]3N2)CC1)C(=O)O. The Kier molecular flexibility index (Phi) is 8.57. The van der Waals surface area contributed by atoms with Gasteiger partial charge in [0.1, 0.15) is 24.8 Å². The van der Waals surface area contributed by atoms with Gasteiger partial charge in [-0.25, -0.2) is 0 Å². The van der Waals surface area contributed by atoms with Crippen LogP contribution in [0.2, 0.25) is 0 Å². The van der Waals surface area contributed by atoms with E-state index in [1.54, 1.807) is 0 Å². The zero-order valence-corrected chi connectivity index (χ0v) is 17.4. The van der Waals surface area contributed by atoms with Crippen molar-refractivity contribution in [3.8, 4) is 0 Å². The van der Waals surface area contributed by atoms with Crippen molar-refractivity contribution in [3.63, 3.8) is 0 Å². The monoisotopic (exact) mass is 427 g/mol. The Hall–Kier alpha value is -1.15. The second-order valence-electron chi connectivity index (χ2n) is 8.46. The summed E-state index contributed by atoms with van der Waals surface area (Å²) in [5, 5.41) is 49.0. The summed E-state index contributed by atoms with van der Waals surface area (Å²) in [6.07, 6.45) is 4.75. The predicted octanol–water partition coefficient (Wildman–Crippen LogP) is -2.92. The summed E-state index contributed by atoms with van der Waals surface area (Å²) in [4.78, 5) is 11.3. The molecule has 3 rings (SSSR count). The summed E-state index contributed by atoms with van der Waals surface area (Å²) in [5.41, 5.74) is 5.79. The van der Waals surface area contributed by atoms with Crippen molar-refractivity contribution < 1.29 is 20.1 Å². The number of aliphatic hydroxyl groups excluding tert-OH is 2. The topological polar surface area (TPSA) is 176 Å². The van der Waals surface area contributed by atoms with Crippen molar-refractivity contribution in [2.75, 3.05) is 13.1 Å². The lowest BCUT2D eigenvalue weighted by Crippen LogP contribution is -2.80. The fourth-order valence-corrected chi connectivity index (χ4v) is 4.38. The smallest absolute Gasteiger partial charge is 0.320 e. The quantitative estimate of drug-likeness (QED) is 0.135. The first-order valence-electron chi connectivity index (χ1n) is 10.9. The van der Waals surface area contributed by atoms with Gasteiger partial charge in [0.05, 0.1) is 12.2 Å². The zero-order chi connectivity index (χ0) is 21.7. The Morgan fingerprint density at radius 1 is 1.27 bits per heavy atom. The molecule has 2 saturated heterocycles. The van der Waals surface area contributed by atoms with E-state index in [0.29, 0.717) is 6.42 Å². The standard InChI is InChI=1S/C19H37N7O4/c1-2-3-13(18(29)30)24-16(27)10-4-6-11(7-5-10)21-8-12-9-22-15-14(23-12)17(28)26-19(20)25-15/h4,6,10-17,19,21-28H,2-3,5,7-9,20H2,1H3,(H,29,30)/t10-,11+,12?,13-,14+,15?,16?,17+,19?/m0/s1. The average molecular weight is 428 g/mol. The van der Waals surface area contributed by atoms with Crippen LogP contribution in [0, 0.1) is 5.92 Å². The fraction of sp³-hybridized carbons (Fsp3) is 0.842. The molecule has 2 fully saturated rings. The van der Waals surface area contributed by atoms with E-state index in [2.05, 4.69) is 31.9 Å². The van der Waals surface area contributed by atoms with Crippen LogP contribution in [0.15, 0.2) is 12.2 Å². The molecule has 0 aromatic rings. The number of carboxylic acid groups (broad SMARTS) is 1. The van der Waals surface area contributed by atoms with Gasteiger partial charge in [-0.1, -0.05) is 25.5 Å². The van der Waals surface area contributed by atoms with Gasteiger partial charge in [-0.2, -0.15) is 0 Å². The van der Waals surface area contributed by atoms with E-state index in [1.807, 2.05) is 19.1 Å². The minimum Gasteiger partial charge on any atom is -0.480 e. The van der Waals surface area contributed by atoms with Crippen LogP contribution in [-0.2, 0) is 4.79 Å². The normalized spacial score (nSPS) is 38.6. The van der Waals surface area contributed by atoms with Crippen LogP contribution in [0.25, 0.3) is 0 Å². The molecule has 172 valence electrons. The molecular formula is C19H37N7O4. The molecule has 0 aromatic carbocycles. The van der Waals surface area contributed by atoms with E-state index in [1.165, 1.54) is 0 Å². The van der Waals surface area contributed by atoms with Gasteiger partial charge in [0, 0.05) is 31.1 Å². The molecule has 30 heavy (non-hydrogen) atoms. The van der Waals surface area contributed by atoms with E-state index in [9.17, 15) is 20.1 Å². The van der Waals surface area contributed by atoms with Gasteiger partial charge >= 0.3 is 5.97 Å². The molecular weight excluding hydrogens is 390 g/mol. The van der Waals surface area contributed by atoms with E-state index < -0.39 is 30.8 Å². The molecule has 4 unspecified atom stereocenters. The van der Waals surface area contributed by atoms with Gasteiger partial charge in [-0.3, -0.25) is 26.1 Å². The molecule has 0 bridgehead atoms. The highest BCUT2D eigenvalue weighted by atomic mass is 16.4. The number of aliphatic carboxylic acids is 1. The third-order valence-electron chi connectivity index (χ3n) is 6.10. The van der Waals surface area contributed by atoms with Crippen molar-refractivity contribution in [3.05, 3.63) is 12.2 Å². The number of carbonyl (C=O) groups is 1. The van der Waals surface area contributed by atoms with Gasteiger partial charge in [-0.05, 0) is 19.3 Å². The minimum atomic E-state index is -0.929. The Bertz CT molecular complexity index is 595. The molecule has 11 N–H and O–H groups in total. The summed E-state index contributed by atoms with van der Waals surface area (Å²) in [7, 11) is 0. The number of fused-ring (bicyclic) bond motifs is 1. The molecule has 11 nitrogen and oxygen atoms in total. The van der Waals surface area contributed by atoms with Crippen LogP contribution in [0.4, 0.5) is 0 Å². The lowest BCUT2D eigenvalue weighted by Gasteiger charge is -2.46. The summed E-state index contributed by atoms with van der Waals surface area (Å²) in [6, 6.07) is -0.554. The van der Waals surface area contributed by atoms with Gasteiger partial charge in [0.25, 0.3) is 0 Å². The molecule has 0 spiro atoms. The van der Waals surface area contributed by atoms with Crippen molar-refractivity contribution in [1.82, 2.24) is 31.9 Å². The van der Waals surface area contributed by atoms with Crippen LogP contribution in [0.1, 0.15) is 32.6 Å². The number of piperazine rings is 1. The summed E-state index contributed by atoms with van der Waals surface area (Å²) >= 11 is 0. The fourth-order valence-electron chi connectivity index (χ4n) is 4.38. The molecule has 3 aliphatic rings. The first-order valence-corrected chi connectivity index (χ1v) is 10.9. The lowest BCUT2D eigenvalue weighted by atomic mass is 9.91. The molecule has 0 amide bonds. The number of hydrogen-bond acceptors (Lipinski definition) is 10. The highest BCUT2D eigenvalue weighted by Crippen LogP contribution is 2.21. The highest BCUT2D eigenvalue weighted by molar-refractivity contribution is 5.73. The molecule has 0 saturated carbocycles. The van der Waals surface area contributed by atoms with Crippen molar-refractivity contribution in [2.24, 2.45) is 11.7 Å². The second kappa shape index (κ2) is 10.9. The molecule has 0 aromatic heterocycles. The second-order valence-corrected chi connectivity index (χ2v) is 8.46. The highest BCUT2D eigenvalue weighted by Gasteiger charge is 2.39. The Balaban J connectivity index is 1.41. The number of nitrogens with one attached hydrogen (secondary N) is 6. The molecule has 11 heteroatoms. The van der Waals surface area contributed by atoms with Crippen LogP contribution < -0.4 is 37.6 Å². The van der Waals surface area contributed by atoms with Gasteiger partial charge < -0.3 is 31.7 Å². The van der Waals surface area contributed by atoms with Crippen molar-refractivity contribution in [2.45, 2.75) is 81.7 Å². The number of carboxylic acids is 1. The van der Waals surface area contributed by atoms with E-state index in [0.717, 1.165) is 32.4 Å². The van der Waals surface area contributed by atoms with Gasteiger partial charge in [-0.15, -0.1) is 0 Å². The van der Waals surface area contributed by atoms with Crippen molar-refractivity contribution in [1.29, 1.82) is 0 Å². The van der Waals surface area contributed by atoms with Crippen LogP contribution >= 0.6 is 0 Å². The predicted molar refractivity (Wildman–Crippen MR) is 112 cm³/mol. The summed E-state index contributed by atoms with van der Waals surface area (Å²) in [6.45, 7) is 3.40.